The van der Waals surface area contributed by atoms with Gasteiger partial charge in [0.25, 0.3) is 0 Å². The molecule has 1 N–H and O–H groups in total. The van der Waals surface area contributed by atoms with E-state index in [9.17, 15) is 13.2 Å². The minimum atomic E-state index is -4.74. The summed E-state index contributed by atoms with van der Waals surface area (Å²) in [6.45, 7) is 3.19. The molecular formula is C30H27F3N2O3. The zero-order chi connectivity index (χ0) is 26.4. The molecule has 0 unspecified atom stereocenters. The molecule has 5 nitrogen and oxygen atoms in total. The van der Waals surface area contributed by atoms with Crippen molar-refractivity contribution in [1.82, 2.24) is 10.2 Å². The summed E-state index contributed by atoms with van der Waals surface area (Å²) in [7, 11) is 0. The molecule has 4 aromatic rings. The number of para-hydroxylation sites is 2. The molecule has 0 radical (unpaired) electrons. The van der Waals surface area contributed by atoms with Crippen LogP contribution < -0.4 is 19.5 Å². The third-order valence-corrected chi connectivity index (χ3v) is 6.17. The van der Waals surface area contributed by atoms with Crippen LogP contribution in [0.25, 0.3) is 0 Å². The van der Waals surface area contributed by atoms with E-state index in [1.54, 1.807) is 12.1 Å². The quantitative estimate of drug-likeness (QED) is 0.267. The Kier molecular flexibility index (Phi) is 7.81. The Morgan fingerprint density at radius 3 is 1.76 bits per heavy atom. The molecule has 1 fully saturated rings. The number of ether oxygens (including phenoxy) is 3. The molecule has 196 valence electrons. The number of rotatable bonds is 8. The van der Waals surface area contributed by atoms with Gasteiger partial charge >= 0.3 is 6.36 Å². The summed E-state index contributed by atoms with van der Waals surface area (Å²) in [4.78, 5) is 2.30. The monoisotopic (exact) mass is 520 g/mol. The average molecular weight is 521 g/mol. The predicted octanol–water partition coefficient (Wildman–Crippen LogP) is 7.16. The molecule has 38 heavy (non-hydrogen) atoms. The van der Waals surface area contributed by atoms with Gasteiger partial charge in [0.2, 0.25) is 0 Å². The third kappa shape index (κ3) is 6.65. The summed E-state index contributed by atoms with van der Waals surface area (Å²) in [5.74, 6) is 2.18. The number of piperazine rings is 1. The lowest BCUT2D eigenvalue weighted by Gasteiger charge is -2.36. The summed E-state index contributed by atoms with van der Waals surface area (Å²) in [6.07, 6.45) is -4.74. The van der Waals surface area contributed by atoms with Gasteiger partial charge in [-0.2, -0.15) is 0 Å². The van der Waals surface area contributed by atoms with Crippen LogP contribution in [0, 0.1) is 0 Å². The molecule has 0 bridgehead atoms. The number of alkyl halides is 3. The largest absolute Gasteiger partial charge is 0.573 e. The van der Waals surface area contributed by atoms with Gasteiger partial charge < -0.3 is 19.5 Å². The zero-order valence-electron chi connectivity index (χ0n) is 20.5. The van der Waals surface area contributed by atoms with E-state index in [1.807, 2.05) is 78.9 Å². The van der Waals surface area contributed by atoms with Crippen molar-refractivity contribution in [1.29, 1.82) is 0 Å². The van der Waals surface area contributed by atoms with Gasteiger partial charge in [0, 0.05) is 26.2 Å². The first-order valence-corrected chi connectivity index (χ1v) is 12.3. The van der Waals surface area contributed by atoms with Crippen molar-refractivity contribution >= 4 is 0 Å². The Hall–Kier alpha value is -4.01. The van der Waals surface area contributed by atoms with Crippen molar-refractivity contribution in [2.75, 3.05) is 26.2 Å². The lowest BCUT2D eigenvalue weighted by molar-refractivity contribution is -0.274. The Balaban J connectivity index is 1.52. The maximum atomic E-state index is 12.7. The second kappa shape index (κ2) is 11.6. The zero-order valence-corrected chi connectivity index (χ0v) is 20.5. The lowest BCUT2D eigenvalue weighted by atomic mass is 9.96. The molecule has 1 aliphatic heterocycles. The van der Waals surface area contributed by atoms with Gasteiger partial charge in [-0.25, -0.2) is 0 Å². The van der Waals surface area contributed by atoms with Crippen molar-refractivity contribution in [3.8, 4) is 28.7 Å². The normalized spacial score (nSPS) is 15.0. The molecule has 4 aromatic carbocycles. The van der Waals surface area contributed by atoms with Crippen molar-refractivity contribution in [3.63, 3.8) is 0 Å². The molecule has 5 rings (SSSR count). The molecule has 1 heterocycles. The SMILES string of the molecule is FC(F)(F)Oc1ccc([C@H](c2ccc(Oc3ccccc3)c(Oc3ccccc3)c2)N2CCNCC2)cc1. The number of nitrogens with zero attached hydrogens (tertiary/aromatic N) is 1. The smallest absolute Gasteiger partial charge is 0.453 e. The summed E-state index contributed by atoms with van der Waals surface area (Å²) in [5.41, 5.74) is 1.78. The van der Waals surface area contributed by atoms with Gasteiger partial charge in [0.05, 0.1) is 6.04 Å². The van der Waals surface area contributed by atoms with Gasteiger partial charge in [-0.3, -0.25) is 4.90 Å². The highest BCUT2D eigenvalue weighted by molar-refractivity contribution is 5.50. The highest BCUT2D eigenvalue weighted by Crippen LogP contribution is 2.40. The first-order chi connectivity index (χ1) is 18.4. The predicted molar refractivity (Wildman–Crippen MR) is 139 cm³/mol. The number of nitrogens with one attached hydrogen (secondary N) is 1. The fourth-order valence-corrected chi connectivity index (χ4v) is 4.50. The average Bonchev–Trinajstić information content (AvgIpc) is 2.92. The molecule has 1 atom stereocenters. The first-order valence-electron chi connectivity index (χ1n) is 12.3. The van der Waals surface area contributed by atoms with Gasteiger partial charge in [-0.05, 0) is 59.7 Å². The molecule has 1 aliphatic rings. The highest BCUT2D eigenvalue weighted by atomic mass is 19.4. The fourth-order valence-electron chi connectivity index (χ4n) is 4.50. The van der Waals surface area contributed by atoms with Crippen LogP contribution in [0.4, 0.5) is 13.2 Å². The van der Waals surface area contributed by atoms with Crippen LogP contribution in [0.1, 0.15) is 17.2 Å². The van der Waals surface area contributed by atoms with Crippen LogP contribution in [-0.4, -0.2) is 37.4 Å². The summed E-state index contributed by atoms with van der Waals surface area (Å²) in [6, 6.07) is 30.5. The topological polar surface area (TPSA) is 43.0 Å². The molecule has 0 aromatic heterocycles. The minimum absolute atomic E-state index is 0.207. The maximum absolute atomic E-state index is 12.7. The molecule has 0 aliphatic carbocycles. The molecular weight excluding hydrogens is 493 g/mol. The Labute approximate surface area is 219 Å². The number of hydrogen-bond donors (Lipinski definition) is 1. The van der Waals surface area contributed by atoms with E-state index in [-0.39, 0.29) is 11.8 Å². The highest BCUT2D eigenvalue weighted by Gasteiger charge is 2.31. The minimum Gasteiger partial charge on any atom is -0.453 e. The van der Waals surface area contributed by atoms with Crippen molar-refractivity contribution in [3.05, 3.63) is 114 Å². The van der Waals surface area contributed by atoms with Crippen LogP contribution in [0.15, 0.2) is 103 Å². The Morgan fingerprint density at radius 1 is 0.632 bits per heavy atom. The van der Waals surface area contributed by atoms with Gasteiger partial charge in [-0.15, -0.1) is 13.2 Å². The second-order valence-electron chi connectivity index (χ2n) is 8.84. The third-order valence-electron chi connectivity index (χ3n) is 6.17. The van der Waals surface area contributed by atoms with Crippen molar-refractivity contribution in [2.45, 2.75) is 12.4 Å². The molecule has 0 saturated carbocycles. The second-order valence-corrected chi connectivity index (χ2v) is 8.84. The molecule has 0 amide bonds. The Morgan fingerprint density at radius 2 is 1.18 bits per heavy atom. The van der Waals surface area contributed by atoms with Crippen LogP contribution in [-0.2, 0) is 0 Å². The van der Waals surface area contributed by atoms with Crippen LogP contribution in [0.3, 0.4) is 0 Å². The first kappa shape index (κ1) is 25.6. The van der Waals surface area contributed by atoms with Crippen molar-refractivity contribution < 1.29 is 27.4 Å². The van der Waals surface area contributed by atoms with E-state index in [0.717, 1.165) is 37.3 Å². The van der Waals surface area contributed by atoms with Gasteiger partial charge in [-0.1, -0.05) is 54.6 Å². The fraction of sp³-hybridized carbons (Fsp3) is 0.200. The summed E-state index contributed by atoms with van der Waals surface area (Å²) in [5, 5.41) is 3.36. The molecule has 1 saturated heterocycles. The lowest BCUT2D eigenvalue weighted by Crippen LogP contribution is -2.45. The summed E-state index contributed by atoms with van der Waals surface area (Å²) < 4.78 is 54.6. The van der Waals surface area contributed by atoms with E-state index >= 15 is 0 Å². The van der Waals surface area contributed by atoms with Gasteiger partial charge in [0.1, 0.15) is 17.2 Å². The van der Waals surface area contributed by atoms with E-state index in [0.29, 0.717) is 23.0 Å². The van der Waals surface area contributed by atoms with Crippen LogP contribution in [0.2, 0.25) is 0 Å². The van der Waals surface area contributed by atoms with Crippen molar-refractivity contribution in [2.24, 2.45) is 0 Å². The van der Waals surface area contributed by atoms with Gasteiger partial charge in [0.15, 0.2) is 11.5 Å². The van der Waals surface area contributed by atoms with E-state index < -0.39 is 6.36 Å². The van der Waals surface area contributed by atoms with Crippen LogP contribution in [0.5, 0.6) is 28.7 Å². The standard InChI is InChI=1S/C30H27F3N2O3/c31-30(32,33)38-26-14-11-22(12-15-26)29(35-19-17-34-18-20-35)23-13-16-27(36-24-7-3-1-4-8-24)28(21-23)37-25-9-5-2-6-10-25/h1-16,21,29,34H,17-20H2/t29-/m1/s1. The van der Waals surface area contributed by atoms with E-state index in [2.05, 4.69) is 15.0 Å². The molecule has 8 heteroatoms. The molecule has 0 spiro atoms. The van der Waals surface area contributed by atoms with Crippen LogP contribution >= 0.6 is 0 Å². The summed E-state index contributed by atoms with van der Waals surface area (Å²) >= 11 is 0. The van der Waals surface area contributed by atoms with E-state index in [4.69, 9.17) is 9.47 Å². The number of benzene rings is 4. The Bertz CT molecular complexity index is 1310. The van der Waals surface area contributed by atoms with E-state index in [1.165, 1.54) is 12.1 Å². The number of hydrogen-bond acceptors (Lipinski definition) is 5. The number of halogens is 3. The maximum Gasteiger partial charge on any atom is 0.573 e.